The number of fused-ring (bicyclic) bond motifs is 1. The van der Waals surface area contributed by atoms with Gasteiger partial charge in [-0.05, 0) is 123 Å². The first-order valence-electron chi connectivity index (χ1n) is 20.6. The van der Waals surface area contributed by atoms with Crippen molar-refractivity contribution < 1.29 is 33.1 Å². The van der Waals surface area contributed by atoms with E-state index in [0.717, 1.165) is 76.0 Å². The van der Waals surface area contributed by atoms with Crippen molar-refractivity contribution in [1.82, 2.24) is 30.1 Å². The monoisotopic (exact) mass is 820 g/mol. The first-order chi connectivity index (χ1) is 29.2. The number of rotatable bonds is 13. The van der Waals surface area contributed by atoms with Crippen molar-refractivity contribution >= 4 is 41.3 Å². The summed E-state index contributed by atoms with van der Waals surface area (Å²) in [5, 5.41) is 19.9. The average molecular weight is 821 g/mol. The number of unbranched alkanes of at least 4 members (excludes halogenated alkanes) is 1. The lowest BCUT2D eigenvalue weighted by Crippen LogP contribution is -2.47. The summed E-state index contributed by atoms with van der Waals surface area (Å²) in [5.74, 6) is -0.528. The molecular weight excluding hydrogens is 771 g/mol. The minimum Gasteiger partial charge on any atom is -0.483 e. The van der Waals surface area contributed by atoms with Crippen LogP contribution < -0.4 is 20.9 Å². The van der Waals surface area contributed by atoms with Gasteiger partial charge in [0, 0.05) is 43.5 Å². The van der Waals surface area contributed by atoms with Gasteiger partial charge < -0.3 is 20.6 Å². The Kier molecular flexibility index (Phi) is 13.8. The topological polar surface area (TPSA) is 161 Å². The number of piperidine rings is 2. The van der Waals surface area contributed by atoms with Crippen LogP contribution in [0.15, 0.2) is 85.2 Å². The fraction of sp³-hybridized carbons (Fsp3) is 0.378. The first kappa shape index (κ1) is 41.9. The molecule has 314 valence electrons. The Morgan fingerprint density at radius 2 is 1.72 bits per heavy atom. The van der Waals surface area contributed by atoms with Crippen LogP contribution in [0, 0.1) is 11.6 Å². The summed E-state index contributed by atoms with van der Waals surface area (Å²) < 4.78 is 30.3. The predicted octanol–water partition coefficient (Wildman–Crippen LogP) is 6.40. The molecule has 1 unspecified atom stereocenters. The number of amides is 3. The molecule has 13 nitrogen and oxygen atoms in total. The van der Waals surface area contributed by atoms with E-state index in [1.54, 1.807) is 16.8 Å². The fourth-order valence-electron chi connectivity index (χ4n) is 8.52. The third kappa shape index (κ3) is 10.3. The van der Waals surface area contributed by atoms with Crippen molar-refractivity contribution in [2.45, 2.75) is 82.3 Å². The van der Waals surface area contributed by atoms with Gasteiger partial charge >= 0.3 is 0 Å². The van der Waals surface area contributed by atoms with Gasteiger partial charge in [0.25, 0.3) is 12.4 Å². The van der Waals surface area contributed by atoms with Gasteiger partial charge in [-0.25, -0.2) is 18.3 Å². The zero-order chi connectivity index (χ0) is 42.0. The number of carbonyl (C=O) groups excluding carboxylic acids is 3. The van der Waals surface area contributed by atoms with Crippen LogP contribution in [0.2, 0.25) is 0 Å². The van der Waals surface area contributed by atoms with Gasteiger partial charge in [-0.1, -0.05) is 36.4 Å². The van der Waals surface area contributed by atoms with Crippen LogP contribution >= 0.6 is 0 Å². The lowest BCUT2D eigenvalue weighted by Gasteiger charge is -2.32. The zero-order valence-electron chi connectivity index (χ0n) is 33.4. The van der Waals surface area contributed by atoms with E-state index >= 15 is 0 Å². The third-order valence-corrected chi connectivity index (χ3v) is 11.6. The SMILES string of the molecule is O=C1CCC(Nc2ccc(C3CCN(Cc4cccc(CCCCNC(=O)c5cnn6ccc(N7CCC[C@@H]7c7cc(F)ccc7F)nc56)c4)CC3)cc2)C(=O)N1.O=CO. The molecule has 2 atom stereocenters. The summed E-state index contributed by atoms with van der Waals surface area (Å²) in [6, 6.07) is 21.8. The van der Waals surface area contributed by atoms with E-state index in [-0.39, 0.29) is 36.3 Å². The Bertz CT molecular complexity index is 2300. The largest absolute Gasteiger partial charge is 0.483 e. The summed E-state index contributed by atoms with van der Waals surface area (Å²) in [7, 11) is 0. The number of aryl methyl sites for hydroxylation is 1. The first-order valence-corrected chi connectivity index (χ1v) is 20.6. The normalized spacial score (nSPS) is 18.5. The Hall–Kier alpha value is -6.22. The number of nitrogens with zero attached hydrogens (tertiary/aromatic N) is 5. The molecule has 2 aromatic heterocycles. The molecule has 15 heteroatoms. The van der Waals surface area contributed by atoms with Gasteiger partial charge in [-0.15, -0.1) is 0 Å². The summed E-state index contributed by atoms with van der Waals surface area (Å²) >= 11 is 0. The quantitative estimate of drug-likeness (QED) is 0.0595. The fourth-order valence-corrected chi connectivity index (χ4v) is 8.52. The van der Waals surface area contributed by atoms with Crippen LogP contribution in [0.3, 0.4) is 0 Å². The molecule has 4 N–H and O–H groups in total. The van der Waals surface area contributed by atoms with Gasteiger partial charge in [0.15, 0.2) is 5.65 Å². The number of carbonyl (C=O) groups is 4. The number of aromatic nitrogens is 3. The molecule has 0 spiro atoms. The molecule has 3 aromatic carbocycles. The van der Waals surface area contributed by atoms with Gasteiger partial charge in [0.1, 0.15) is 29.1 Å². The number of halogens is 2. The average Bonchev–Trinajstić information content (AvgIpc) is 3.92. The second kappa shape index (κ2) is 19.7. The maximum absolute atomic E-state index is 14.7. The van der Waals surface area contributed by atoms with Crippen LogP contribution in [0.1, 0.15) is 95.9 Å². The third-order valence-electron chi connectivity index (χ3n) is 11.6. The molecule has 5 heterocycles. The van der Waals surface area contributed by atoms with Crippen LogP contribution in [0.4, 0.5) is 20.3 Å². The maximum Gasteiger partial charge on any atom is 0.290 e. The van der Waals surface area contributed by atoms with Crippen molar-refractivity contribution in [3.8, 4) is 0 Å². The number of carboxylic acid groups (broad SMARTS) is 1. The maximum atomic E-state index is 14.7. The minimum atomic E-state index is -0.474. The van der Waals surface area contributed by atoms with E-state index in [1.165, 1.54) is 29.0 Å². The highest BCUT2D eigenvalue weighted by molar-refractivity contribution is 6.01. The number of anilines is 2. The van der Waals surface area contributed by atoms with Gasteiger partial charge in [0.2, 0.25) is 11.8 Å². The second-order valence-electron chi connectivity index (χ2n) is 15.6. The second-order valence-corrected chi connectivity index (χ2v) is 15.6. The van der Waals surface area contributed by atoms with E-state index in [9.17, 15) is 23.2 Å². The van der Waals surface area contributed by atoms with Crippen molar-refractivity contribution in [3.63, 3.8) is 0 Å². The number of nitrogens with one attached hydrogen (secondary N) is 3. The van der Waals surface area contributed by atoms with Gasteiger partial charge in [-0.3, -0.25) is 29.4 Å². The van der Waals surface area contributed by atoms with E-state index in [1.807, 2.05) is 17.0 Å². The standard InChI is InChI=1S/C44H48F2N8O3.CH2O2/c45-33-11-14-37(46)35(26-33)39-8-4-21-53(39)40-19-24-54-42(50-40)36(27-48-54)43(56)47-20-2-1-5-29-6-3-7-30(25-29)28-52-22-17-32(18-23-52)31-9-12-34(13-10-31)49-38-15-16-41(55)51-44(38)57;2-1-3/h3,6-7,9-14,19,24-27,32,38-39,49H,1-2,4-5,8,15-18,20-23,28H2,(H,47,56)(H,51,55,57);1H,(H,2,3)/t38?,39-;/m1./s1. The molecule has 0 bridgehead atoms. The summed E-state index contributed by atoms with van der Waals surface area (Å²) in [4.78, 5) is 54.4. The highest BCUT2D eigenvalue weighted by Crippen LogP contribution is 2.37. The Balaban J connectivity index is 0.00000176. The Labute approximate surface area is 347 Å². The van der Waals surface area contributed by atoms with Gasteiger partial charge in [0.05, 0.1) is 12.2 Å². The Morgan fingerprint density at radius 1 is 0.933 bits per heavy atom. The molecule has 8 rings (SSSR count). The summed E-state index contributed by atoms with van der Waals surface area (Å²) in [6.45, 7) is 3.90. The van der Waals surface area contributed by atoms with Crippen LogP contribution in [-0.4, -0.2) is 81.0 Å². The molecule has 0 aliphatic carbocycles. The van der Waals surface area contributed by atoms with E-state index in [4.69, 9.17) is 14.9 Å². The molecule has 3 aliphatic rings. The van der Waals surface area contributed by atoms with E-state index in [0.29, 0.717) is 60.9 Å². The number of hydrogen-bond acceptors (Lipinski definition) is 9. The predicted molar refractivity (Wildman–Crippen MR) is 223 cm³/mol. The lowest BCUT2D eigenvalue weighted by atomic mass is 9.89. The zero-order valence-corrected chi connectivity index (χ0v) is 33.4. The van der Waals surface area contributed by atoms with Gasteiger partial charge in [-0.2, -0.15) is 5.10 Å². The molecule has 3 aliphatic heterocycles. The minimum absolute atomic E-state index is 0.210. The molecule has 60 heavy (non-hydrogen) atoms. The van der Waals surface area contributed by atoms with Crippen molar-refractivity contribution in [2.75, 3.05) is 36.4 Å². The molecular formula is C45H50F2N8O5. The smallest absolute Gasteiger partial charge is 0.290 e. The van der Waals surface area contributed by atoms with Crippen LogP contribution in [0.5, 0.6) is 0 Å². The highest BCUT2D eigenvalue weighted by atomic mass is 19.1. The molecule has 0 radical (unpaired) electrons. The number of benzene rings is 3. The molecule has 5 aromatic rings. The number of likely N-dealkylation sites (tertiary alicyclic amines) is 1. The summed E-state index contributed by atoms with van der Waals surface area (Å²) in [5.41, 5.74) is 5.92. The van der Waals surface area contributed by atoms with Crippen molar-refractivity contribution in [2.24, 2.45) is 0 Å². The van der Waals surface area contributed by atoms with E-state index < -0.39 is 11.6 Å². The molecule has 3 fully saturated rings. The van der Waals surface area contributed by atoms with Crippen molar-refractivity contribution in [3.05, 3.63) is 125 Å². The molecule has 0 saturated carbocycles. The van der Waals surface area contributed by atoms with Crippen LogP contribution in [-0.2, 0) is 27.3 Å². The van der Waals surface area contributed by atoms with Crippen LogP contribution in [0.25, 0.3) is 5.65 Å². The molecule has 3 amide bonds. The Morgan fingerprint density at radius 3 is 2.50 bits per heavy atom. The number of hydrogen-bond donors (Lipinski definition) is 4. The van der Waals surface area contributed by atoms with Crippen molar-refractivity contribution in [1.29, 1.82) is 0 Å². The van der Waals surface area contributed by atoms with E-state index in [2.05, 4.69) is 62.3 Å². The highest BCUT2D eigenvalue weighted by Gasteiger charge is 2.31. The summed E-state index contributed by atoms with van der Waals surface area (Å²) in [6.07, 6.45) is 10.5. The lowest BCUT2D eigenvalue weighted by molar-refractivity contribution is -0.133. The molecule has 3 saturated heterocycles. The number of imide groups is 1.